The molecule has 14 heavy (non-hydrogen) atoms. The minimum absolute atomic E-state index is 0.0270. The lowest BCUT2D eigenvalue weighted by Crippen LogP contribution is -2.40. The second-order valence-corrected chi connectivity index (χ2v) is 4.12. The zero-order chi connectivity index (χ0) is 9.97. The van der Waals surface area contributed by atoms with Crippen LogP contribution in [0.25, 0.3) is 0 Å². The van der Waals surface area contributed by atoms with Crippen molar-refractivity contribution in [1.29, 1.82) is 0 Å². The summed E-state index contributed by atoms with van der Waals surface area (Å²) in [5.74, 6) is 0.0270. The van der Waals surface area contributed by atoms with E-state index in [9.17, 15) is 4.79 Å². The Balaban J connectivity index is 2.11. The Labute approximate surface area is 86.7 Å². The third kappa shape index (κ3) is 1.65. The first-order valence-corrected chi connectivity index (χ1v) is 5.66. The van der Waals surface area contributed by atoms with Crippen LogP contribution in [-0.4, -0.2) is 34.9 Å². The third-order valence-corrected chi connectivity index (χ3v) is 3.15. The first kappa shape index (κ1) is 9.61. The lowest BCUT2D eigenvalue weighted by molar-refractivity contribution is 0.0736. The summed E-state index contributed by atoms with van der Waals surface area (Å²) in [5.41, 5.74) is 7.84. The summed E-state index contributed by atoms with van der Waals surface area (Å²) in [5, 5.41) is 1.79. The number of nitrogens with zero attached hydrogens (tertiary/aromatic N) is 2. The van der Waals surface area contributed by atoms with Gasteiger partial charge in [0, 0.05) is 24.5 Å². The maximum atomic E-state index is 11.9. The Bertz CT molecular complexity index is 312. The van der Waals surface area contributed by atoms with Crippen molar-refractivity contribution in [1.82, 2.24) is 9.88 Å². The van der Waals surface area contributed by atoms with E-state index in [1.165, 1.54) is 11.3 Å². The van der Waals surface area contributed by atoms with E-state index in [4.69, 9.17) is 5.73 Å². The second kappa shape index (κ2) is 4.06. The Morgan fingerprint density at radius 2 is 2.64 bits per heavy atom. The van der Waals surface area contributed by atoms with E-state index in [0.29, 0.717) is 12.2 Å². The Morgan fingerprint density at radius 1 is 1.79 bits per heavy atom. The summed E-state index contributed by atoms with van der Waals surface area (Å²) < 4.78 is 0. The van der Waals surface area contributed by atoms with Gasteiger partial charge < -0.3 is 10.6 Å². The van der Waals surface area contributed by atoms with Gasteiger partial charge in [0.1, 0.15) is 5.69 Å². The van der Waals surface area contributed by atoms with Gasteiger partial charge in [-0.2, -0.15) is 0 Å². The van der Waals surface area contributed by atoms with Gasteiger partial charge in [-0.05, 0) is 12.8 Å². The molecule has 0 bridgehead atoms. The van der Waals surface area contributed by atoms with Gasteiger partial charge in [0.15, 0.2) is 0 Å². The van der Waals surface area contributed by atoms with Crippen LogP contribution in [0.1, 0.15) is 23.3 Å². The average Bonchev–Trinajstić information content (AvgIpc) is 2.87. The lowest BCUT2D eigenvalue weighted by atomic mass is 10.2. The fourth-order valence-electron chi connectivity index (χ4n) is 1.81. The monoisotopic (exact) mass is 211 g/mol. The molecule has 2 heterocycles. The predicted molar refractivity (Wildman–Crippen MR) is 55.2 cm³/mol. The van der Waals surface area contributed by atoms with E-state index >= 15 is 0 Å². The van der Waals surface area contributed by atoms with Gasteiger partial charge in [-0.3, -0.25) is 4.79 Å². The van der Waals surface area contributed by atoms with Crippen LogP contribution >= 0.6 is 11.3 Å². The molecule has 5 heteroatoms. The topological polar surface area (TPSA) is 59.2 Å². The van der Waals surface area contributed by atoms with Crippen molar-refractivity contribution in [2.45, 2.75) is 18.9 Å². The number of hydrogen-bond acceptors (Lipinski definition) is 4. The zero-order valence-electron chi connectivity index (χ0n) is 7.85. The minimum atomic E-state index is 0.0270. The van der Waals surface area contributed by atoms with E-state index in [2.05, 4.69) is 4.98 Å². The largest absolute Gasteiger partial charge is 0.333 e. The summed E-state index contributed by atoms with van der Waals surface area (Å²) >= 11 is 1.45. The molecule has 1 aliphatic rings. The van der Waals surface area contributed by atoms with Gasteiger partial charge in [0.05, 0.1) is 5.51 Å². The van der Waals surface area contributed by atoms with Crippen LogP contribution in [0.4, 0.5) is 0 Å². The second-order valence-electron chi connectivity index (χ2n) is 3.40. The van der Waals surface area contributed by atoms with Gasteiger partial charge >= 0.3 is 0 Å². The van der Waals surface area contributed by atoms with Crippen LogP contribution in [0, 0.1) is 0 Å². The molecule has 0 saturated carbocycles. The quantitative estimate of drug-likeness (QED) is 0.783. The van der Waals surface area contributed by atoms with E-state index in [1.54, 1.807) is 10.9 Å². The summed E-state index contributed by atoms with van der Waals surface area (Å²) in [6.45, 7) is 1.37. The van der Waals surface area contributed by atoms with Crippen LogP contribution in [0.3, 0.4) is 0 Å². The van der Waals surface area contributed by atoms with E-state index in [0.717, 1.165) is 19.4 Å². The third-order valence-electron chi connectivity index (χ3n) is 2.56. The number of amides is 1. The van der Waals surface area contributed by atoms with Crippen LogP contribution in [0.5, 0.6) is 0 Å². The number of hydrogen-bond donors (Lipinski definition) is 1. The smallest absolute Gasteiger partial charge is 0.273 e. The number of thiazole rings is 1. The number of carbonyl (C=O) groups excluding carboxylic acids is 1. The summed E-state index contributed by atoms with van der Waals surface area (Å²) in [6.07, 6.45) is 2.07. The van der Waals surface area contributed by atoms with Crippen molar-refractivity contribution in [2.24, 2.45) is 5.73 Å². The highest BCUT2D eigenvalue weighted by molar-refractivity contribution is 7.07. The number of aromatic nitrogens is 1. The maximum absolute atomic E-state index is 11.9. The minimum Gasteiger partial charge on any atom is -0.333 e. The molecule has 1 unspecified atom stereocenters. The molecule has 1 fully saturated rings. The fraction of sp³-hybridized carbons (Fsp3) is 0.556. The van der Waals surface area contributed by atoms with Crippen LogP contribution in [-0.2, 0) is 0 Å². The van der Waals surface area contributed by atoms with Gasteiger partial charge in [-0.15, -0.1) is 11.3 Å². The molecular weight excluding hydrogens is 198 g/mol. The first-order chi connectivity index (χ1) is 6.83. The average molecular weight is 211 g/mol. The molecule has 1 saturated heterocycles. The summed E-state index contributed by atoms with van der Waals surface area (Å²) in [7, 11) is 0. The molecule has 1 amide bonds. The number of rotatable bonds is 2. The van der Waals surface area contributed by atoms with Crippen molar-refractivity contribution >= 4 is 17.2 Å². The van der Waals surface area contributed by atoms with Gasteiger partial charge in [0.25, 0.3) is 5.91 Å². The van der Waals surface area contributed by atoms with Crippen molar-refractivity contribution < 1.29 is 4.79 Å². The molecule has 1 aromatic rings. The summed E-state index contributed by atoms with van der Waals surface area (Å²) in [6, 6.07) is 0.212. The molecule has 1 aliphatic heterocycles. The highest BCUT2D eigenvalue weighted by Gasteiger charge is 2.28. The maximum Gasteiger partial charge on any atom is 0.273 e. The molecule has 2 rings (SSSR count). The fourth-order valence-corrected chi connectivity index (χ4v) is 2.34. The molecule has 1 aromatic heterocycles. The molecule has 0 radical (unpaired) electrons. The number of carbonyl (C=O) groups is 1. The van der Waals surface area contributed by atoms with Gasteiger partial charge in [0.2, 0.25) is 0 Å². The number of nitrogens with two attached hydrogens (primary N) is 1. The Morgan fingerprint density at radius 3 is 3.29 bits per heavy atom. The molecule has 0 spiro atoms. The SMILES string of the molecule is NCC1CCCN1C(=O)c1cscn1. The van der Waals surface area contributed by atoms with E-state index < -0.39 is 0 Å². The Hall–Kier alpha value is -0.940. The van der Waals surface area contributed by atoms with Crippen molar-refractivity contribution in [2.75, 3.05) is 13.1 Å². The Kier molecular flexibility index (Phi) is 2.79. The highest BCUT2D eigenvalue weighted by Crippen LogP contribution is 2.19. The first-order valence-electron chi connectivity index (χ1n) is 4.72. The van der Waals surface area contributed by atoms with E-state index in [-0.39, 0.29) is 11.9 Å². The van der Waals surface area contributed by atoms with Crippen molar-refractivity contribution in [3.63, 3.8) is 0 Å². The van der Waals surface area contributed by atoms with Gasteiger partial charge in [-0.1, -0.05) is 0 Å². The molecular formula is C9H13N3OS. The highest BCUT2D eigenvalue weighted by atomic mass is 32.1. The van der Waals surface area contributed by atoms with Gasteiger partial charge in [-0.25, -0.2) is 4.98 Å². The van der Waals surface area contributed by atoms with Crippen LogP contribution in [0.15, 0.2) is 10.9 Å². The molecule has 0 aliphatic carbocycles. The standard InChI is InChI=1S/C9H13N3OS/c10-4-7-2-1-3-12(7)9(13)8-5-14-6-11-8/h5-7H,1-4,10H2. The molecule has 76 valence electrons. The van der Waals surface area contributed by atoms with Crippen LogP contribution in [0.2, 0.25) is 0 Å². The predicted octanol–water partition coefficient (Wildman–Crippen LogP) is 0.706. The molecule has 1 atom stereocenters. The summed E-state index contributed by atoms with van der Waals surface area (Å²) in [4.78, 5) is 17.8. The van der Waals surface area contributed by atoms with Crippen LogP contribution < -0.4 is 5.73 Å². The zero-order valence-corrected chi connectivity index (χ0v) is 8.67. The lowest BCUT2D eigenvalue weighted by Gasteiger charge is -2.22. The molecule has 4 nitrogen and oxygen atoms in total. The number of likely N-dealkylation sites (tertiary alicyclic amines) is 1. The normalized spacial score (nSPS) is 21.5. The molecule has 2 N–H and O–H groups in total. The van der Waals surface area contributed by atoms with E-state index in [1.807, 2.05) is 4.90 Å². The van der Waals surface area contributed by atoms with Crippen molar-refractivity contribution in [3.05, 3.63) is 16.6 Å². The molecule has 0 aromatic carbocycles. The van der Waals surface area contributed by atoms with Crippen molar-refractivity contribution in [3.8, 4) is 0 Å².